The summed E-state index contributed by atoms with van der Waals surface area (Å²) < 4.78 is 1.01. The van der Waals surface area contributed by atoms with Crippen molar-refractivity contribution in [2.45, 2.75) is 38.6 Å². The first-order valence-corrected chi connectivity index (χ1v) is 7.40. The van der Waals surface area contributed by atoms with Crippen molar-refractivity contribution in [3.05, 3.63) is 27.2 Å². The topological polar surface area (TPSA) is 35.8 Å². The lowest BCUT2D eigenvalue weighted by molar-refractivity contribution is 0.388. The van der Waals surface area contributed by atoms with Gasteiger partial charge < -0.3 is 5.32 Å². The number of nitrogens with one attached hydrogen (secondary N) is 1. The van der Waals surface area contributed by atoms with E-state index in [0.717, 1.165) is 40.0 Å². The molecule has 1 fully saturated rings. The van der Waals surface area contributed by atoms with E-state index in [1.807, 2.05) is 19.1 Å². The summed E-state index contributed by atoms with van der Waals surface area (Å²) >= 11 is 9.69. The molecule has 4 heteroatoms. The van der Waals surface area contributed by atoms with Crippen LogP contribution in [-0.2, 0) is 0 Å². The summed E-state index contributed by atoms with van der Waals surface area (Å²) in [6, 6.07) is 6.59. The molecule has 2 rings (SSSR count). The summed E-state index contributed by atoms with van der Waals surface area (Å²) in [5.74, 6) is 0.103. The number of benzene rings is 1. The van der Waals surface area contributed by atoms with Crippen LogP contribution in [0.3, 0.4) is 0 Å². The van der Waals surface area contributed by atoms with Crippen molar-refractivity contribution in [3.8, 4) is 6.07 Å². The summed E-state index contributed by atoms with van der Waals surface area (Å²) in [7, 11) is 0. The lowest BCUT2D eigenvalue weighted by atomic mass is 9.85. The van der Waals surface area contributed by atoms with Crippen LogP contribution in [0.5, 0.6) is 0 Å². The molecule has 0 saturated heterocycles. The highest BCUT2D eigenvalue weighted by molar-refractivity contribution is 9.10. The number of aryl methyl sites for hydroxylation is 1. The van der Waals surface area contributed by atoms with Crippen molar-refractivity contribution in [1.29, 1.82) is 5.26 Å². The Labute approximate surface area is 121 Å². The molecule has 1 saturated carbocycles. The molecular formula is C14H16BrClN2. The molecule has 1 aliphatic carbocycles. The fourth-order valence-electron chi connectivity index (χ4n) is 2.41. The van der Waals surface area contributed by atoms with E-state index < -0.39 is 0 Å². The van der Waals surface area contributed by atoms with Gasteiger partial charge in [0.1, 0.15) is 0 Å². The van der Waals surface area contributed by atoms with Gasteiger partial charge in [-0.2, -0.15) is 5.26 Å². The first-order chi connectivity index (χ1) is 8.61. The van der Waals surface area contributed by atoms with E-state index in [1.54, 1.807) is 0 Å². The van der Waals surface area contributed by atoms with Gasteiger partial charge in [-0.3, -0.25) is 0 Å². The molecule has 0 amide bonds. The van der Waals surface area contributed by atoms with Crippen LogP contribution < -0.4 is 5.32 Å². The molecule has 0 radical (unpaired) electrons. The predicted molar refractivity (Wildman–Crippen MR) is 78.9 cm³/mol. The highest BCUT2D eigenvalue weighted by Gasteiger charge is 2.25. The molecule has 0 spiro atoms. The second-order valence-corrected chi connectivity index (χ2v) is 6.11. The van der Waals surface area contributed by atoms with Crippen molar-refractivity contribution in [2.75, 3.05) is 5.32 Å². The minimum absolute atomic E-state index is 0.103. The van der Waals surface area contributed by atoms with Crippen LogP contribution in [0, 0.1) is 24.2 Å². The van der Waals surface area contributed by atoms with E-state index in [4.69, 9.17) is 11.6 Å². The van der Waals surface area contributed by atoms with Crippen LogP contribution in [-0.4, -0.2) is 6.04 Å². The minimum Gasteiger partial charge on any atom is -0.380 e. The summed E-state index contributed by atoms with van der Waals surface area (Å²) in [5.41, 5.74) is 2.03. The van der Waals surface area contributed by atoms with E-state index in [9.17, 15) is 5.26 Å². The van der Waals surface area contributed by atoms with E-state index in [-0.39, 0.29) is 12.0 Å². The molecule has 1 aromatic carbocycles. The van der Waals surface area contributed by atoms with E-state index in [1.165, 1.54) is 6.42 Å². The Bertz CT molecular complexity index is 481. The number of nitriles is 1. The zero-order valence-electron chi connectivity index (χ0n) is 10.3. The van der Waals surface area contributed by atoms with Crippen LogP contribution >= 0.6 is 27.5 Å². The smallest absolute Gasteiger partial charge is 0.0677 e. The average molecular weight is 328 g/mol. The summed E-state index contributed by atoms with van der Waals surface area (Å²) in [4.78, 5) is 0. The molecule has 2 unspecified atom stereocenters. The largest absolute Gasteiger partial charge is 0.380 e. The molecule has 0 bridgehead atoms. The van der Waals surface area contributed by atoms with Crippen molar-refractivity contribution < 1.29 is 0 Å². The van der Waals surface area contributed by atoms with E-state index in [0.29, 0.717) is 0 Å². The molecule has 0 aliphatic heterocycles. The van der Waals surface area contributed by atoms with Crippen LogP contribution in [0.1, 0.15) is 31.2 Å². The minimum atomic E-state index is 0.103. The van der Waals surface area contributed by atoms with Gasteiger partial charge >= 0.3 is 0 Å². The van der Waals surface area contributed by atoms with E-state index in [2.05, 4.69) is 27.3 Å². The van der Waals surface area contributed by atoms with Gasteiger partial charge in [-0.15, -0.1) is 0 Å². The van der Waals surface area contributed by atoms with Gasteiger partial charge in [-0.1, -0.05) is 24.4 Å². The number of nitrogens with zero attached hydrogens (tertiary/aromatic N) is 1. The molecule has 1 aromatic rings. The van der Waals surface area contributed by atoms with Gasteiger partial charge in [0, 0.05) is 15.5 Å². The van der Waals surface area contributed by atoms with E-state index >= 15 is 0 Å². The third kappa shape index (κ3) is 2.99. The predicted octanol–water partition coefficient (Wildman–Crippen LogP) is 4.91. The Morgan fingerprint density at radius 3 is 2.83 bits per heavy atom. The molecule has 96 valence electrons. The molecule has 18 heavy (non-hydrogen) atoms. The molecule has 1 aliphatic rings. The maximum absolute atomic E-state index is 9.18. The van der Waals surface area contributed by atoms with Gasteiger partial charge in [0.25, 0.3) is 0 Å². The second kappa shape index (κ2) is 5.95. The Balaban J connectivity index is 2.18. The Morgan fingerprint density at radius 1 is 1.39 bits per heavy atom. The number of rotatable bonds is 2. The van der Waals surface area contributed by atoms with Crippen molar-refractivity contribution in [3.63, 3.8) is 0 Å². The van der Waals surface area contributed by atoms with Crippen LogP contribution in [0.25, 0.3) is 0 Å². The van der Waals surface area contributed by atoms with Gasteiger partial charge in [0.15, 0.2) is 0 Å². The number of anilines is 1. The van der Waals surface area contributed by atoms with Crippen molar-refractivity contribution in [1.82, 2.24) is 0 Å². The van der Waals surface area contributed by atoms with Crippen LogP contribution in [0.15, 0.2) is 16.6 Å². The second-order valence-electron chi connectivity index (χ2n) is 4.85. The normalized spacial score (nSPS) is 23.4. The fraction of sp³-hybridized carbons (Fsp3) is 0.500. The molecule has 0 aromatic heterocycles. The monoisotopic (exact) mass is 326 g/mol. The zero-order valence-corrected chi connectivity index (χ0v) is 12.7. The van der Waals surface area contributed by atoms with Crippen LogP contribution in [0.2, 0.25) is 5.02 Å². The van der Waals surface area contributed by atoms with Gasteiger partial charge in [-0.25, -0.2) is 0 Å². The number of hydrogen-bond acceptors (Lipinski definition) is 2. The fourth-order valence-corrected chi connectivity index (χ4v) is 3.15. The van der Waals surface area contributed by atoms with Crippen molar-refractivity contribution in [2.24, 2.45) is 5.92 Å². The standard InChI is InChI=1S/C14H16BrClN2/c1-9-6-11(15)14(7-12(9)16)18-13-5-3-2-4-10(13)8-17/h6-7,10,13,18H,2-5H2,1H3. The molecule has 1 N–H and O–H groups in total. The first kappa shape index (κ1) is 13.7. The van der Waals surface area contributed by atoms with Crippen LogP contribution in [0.4, 0.5) is 5.69 Å². The summed E-state index contributed by atoms with van der Waals surface area (Å²) in [6.45, 7) is 1.98. The lowest BCUT2D eigenvalue weighted by Gasteiger charge is -2.29. The maximum Gasteiger partial charge on any atom is 0.0677 e. The van der Waals surface area contributed by atoms with Gasteiger partial charge in [0.2, 0.25) is 0 Å². The number of halogens is 2. The third-order valence-electron chi connectivity index (χ3n) is 3.52. The lowest BCUT2D eigenvalue weighted by Crippen LogP contribution is -2.31. The van der Waals surface area contributed by atoms with Gasteiger partial charge in [-0.05, 0) is 53.4 Å². The highest BCUT2D eigenvalue weighted by atomic mass is 79.9. The quantitative estimate of drug-likeness (QED) is 0.838. The van der Waals surface area contributed by atoms with Crippen molar-refractivity contribution >= 4 is 33.2 Å². The first-order valence-electron chi connectivity index (χ1n) is 6.23. The summed E-state index contributed by atoms with van der Waals surface area (Å²) in [6.07, 6.45) is 4.39. The Kier molecular flexibility index (Phi) is 4.53. The zero-order chi connectivity index (χ0) is 13.1. The Morgan fingerprint density at radius 2 is 2.11 bits per heavy atom. The maximum atomic E-state index is 9.18. The molecule has 2 nitrogen and oxygen atoms in total. The number of hydrogen-bond donors (Lipinski definition) is 1. The third-order valence-corrected chi connectivity index (χ3v) is 4.58. The summed E-state index contributed by atoms with van der Waals surface area (Å²) in [5, 5.41) is 13.4. The average Bonchev–Trinajstić information content (AvgIpc) is 2.36. The van der Waals surface area contributed by atoms with Gasteiger partial charge in [0.05, 0.1) is 17.7 Å². The molecular weight excluding hydrogens is 312 g/mol. The Hall–Kier alpha value is -0.720. The molecule has 0 heterocycles. The molecule has 2 atom stereocenters. The SMILES string of the molecule is Cc1cc(Br)c(NC2CCCCC2C#N)cc1Cl. The highest BCUT2D eigenvalue weighted by Crippen LogP contribution is 2.33.